The summed E-state index contributed by atoms with van der Waals surface area (Å²) in [5.74, 6) is 1.85. The minimum absolute atomic E-state index is 0.376. The predicted octanol–water partition coefficient (Wildman–Crippen LogP) is 1.08. The van der Waals surface area contributed by atoms with E-state index in [0.717, 1.165) is 24.5 Å². The SMILES string of the molecule is CCOc1ccc(-n2nc(N3CCOCC3)nc2N)cc1. The van der Waals surface area contributed by atoms with Gasteiger partial charge in [-0.05, 0) is 31.2 Å². The summed E-state index contributed by atoms with van der Waals surface area (Å²) in [6, 6.07) is 7.63. The number of hydrogen-bond donors (Lipinski definition) is 1. The number of ether oxygens (including phenoxy) is 2. The first-order valence-electron chi connectivity index (χ1n) is 7.06. The topological polar surface area (TPSA) is 78.4 Å². The maximum atomic E-state index is 5.98. The van der Waals surface area contributed by atoms with E-state index >= 15 is 0 Å². The second kappa shape index (κ2) is 6.01. The Bertz CT molecular complexity index is 590. The summed E-state index contributed by atoms with van der Waals surface area (Å²) in [4.78, 5) is 6.41. The zero-order chi connectivity index (χ0) is 14.7. The standard InChI is InChI=1S/C14H19N5O2/c1-2-21-12-5-3-11(4-6-12)19-13(15)16-14(17-19)18-7-9-20-10-8-18/h3-6H,2,7-10H2,1H3,(H2,15,16,17). The molecule has 1 saturated heterocycles. The van der Waals surface area contributed by atoms with E-state index in [9.17, 15) is 0 Å². The minimum Gasteiger partial charge on any atom is -0.494 e. The van der Waals surface area contributed by atoms with Crippen molar-refractivity contribution in [3.63, 3.8) is 0 Å². The van der Waals surface area contributed by atoms with Crippen molar-refractivity contribution in [2.24, 2.45) is 0 Å². The van der Waals surface area contributed by atoms with Crippen LogP contribution in [-0.2, 0) is 4.74 Å². The van der Waals surface area contributed by atoms with Crippen molar-refractivity contribution in [2.45, 2.75) is 6.92 Å². The molecule has 0 atom stereocenters. The van der Waals surface area contributed by atoms with Gasteiger partial charge in [0.15, 0.2) is 0 Å². The molecule has 3 rings (SSSR count). The summed E-state index contributed by atoms with van der Waals surface area (Å²) in [5, 5.41) is 4.49. The van der Waals surface area contributed by atoms with Crippen LogP contribution in [-0.4, -0.2) is 47.7 Å². The molecule has 21 heavy (non-hydrogen) atoms. The first-order chi connectivity index (χ1) is 10.3. The summed E-state index contributed by atoms with van der Waals surface area (Å²) < 4.78 is 12.4. The number of rotatable bonds is 4. The van der Waals surface area contributed by atoms with E-state index in [1.807, 2.05) is 31.2 Å². The van der Waals surface area contributed by atoms with Gasteiger partial charge in [-0.2, -0.15) is 9.67 Å². The molecule has 2 N–H and O–H groups in total. The van der Waals surface area contributed by atoms with Crippen molar-refractivity contribution in [3.05, 3.63) is 24.3 Å². The molecule has 0 spiro atoms. The molecule has 2 heterocycles. The highest BCUT2D eigenvalue weighted by Gasteiger charge is 2.17. The minimum atomic E-state index is 0.376. The fourth-order valence-corrected chi connectivity index (χ4v) is 2.25. The molecule has 1 aliphatic rings. The molecule has 0 aliphatic carbocycles. The molecule has 0 saturated carbocycles. The largest absolute Gasteiger partial charge is 0.494 e. The molecule has 1 aliphatic heterocycles. The number of anilines is 2. The molecule has 0 unspecified atom stereocenters. The number of aromatic nitrogens is 3. The van der Waals surface area contributed by atoms with E-state index in [1.165, 1.54) is 0 Å². The van der Waals surface area contributed by atoms with Crippen LogP contribution in [0.3, 0.4) is 0 Å². The number of nitrogen functional groups attached to an aromatic ring is 1. The van der Waals surface area contributed by atoms with Gasteiger partial charge in [-0.25, -0.2) is 0 Å². The Hall–Kier alpha value is -2.28. The van der Waals surface area contributed by atoms with Gasteiger partial charge >= 0.3 is 0 Å². The third kappa shape index (κ3) is 2.92. The maximum absolute atomic E-state index is 5.98. The summed E-state index contributed by atoms with van der Waals surface area (Å²) in [5.41, 5.74) is 6.84. The summed E-state index contributed by atoms with van der Waals surface area (Å²) in [6.07, 6.45) is 0. The van der Waals surface area contributed by atoms with Crippen LogP contribution >= 0.6 is 0 Å². The van der Waals surface area contributed by atoms with Gasteiger partial charge in [0.05, 0.1) is 25.5 Å². The average Bonchev–Trinajstić information content (AvgIpc) is 2.91. The lowest BCUT2D eigenvalue weighted by Crippen LogP contribution is -2.37. The van der Waals surface area contributed by atoms with Crippen LogP contribution in [0.2, 0.25) is 0 Å². The van der Waals surface area contributed by atoms with Gasteiger partial charge in [-0.15, -0.1) is 5.10 Å². The fraction of sp³-hybridized carbons (Fsp3) is 0.429. The van der Waals surface area contributed by atoms with Crippen LogP contribution in [0.1, 0.15) is 6.92 Å². The van der Waals surface area contributed by atoms with Gasteiger partial charge in [0, 0.05) is 13.1 Å². The fourth-order valence-electron chi connectivity index (χ4n) is 2.25. The summed E-state index contributed by atoms with van der Waals surface area (Å²) in [7, 11) is 0. The summed E-state index contributed by atoms with van der Waals surface area (Å²) in [6.45, 7) is 5.55. The lowest BCUT2D eigenvalue weighted by molar-refractivity contribution is 0.122. The first kappa shape index (κ1) is 13.7. The van der Waals surface area contributed by atoms with E-state index in [2.05, 4.69) is 15.0 Å². The molecule has 1 aromatic heterocycles. The first-order valence-corrected chi connectivity index (χ1v) is 7.06. The van der Waals surface area contributed by atoms with Crippen LogP contribution < -0.4 is 15.4 Å². The number of benzene rings is 1. The molecule has 1 aromatic carbocycles. The van der Waals surface area contributed by atoms with Crippen molar-refractivity contribution < 1.29 is 9.47 Å². The number of nitrogens with zero attached hydrogens (tertiary/aromatic N) is 4. The van der Waals surface area contributed by atoms with Gasteiger partial charge in [0.25, 0.3) is 0 Å². The number of morpholine rings is 1. The predicted molar refractivity (Wildman–Crippen MR) is 80.0 cm³/mol. The normalized spacial score (nSPS) is 15.2. The highest BCUT2D eigenvalue weighted by molar-refractivity contribution is 5.45. The van der Waals surface area contributed by atoms with Crippen molar-refractivity contribution in [3.8, 4) is 11.4 Å². The monoisotopic (exact) mass is 289 g/mol. The maximum Gasteiger partial charge on any atom is 0.247 e. The third-order valence-corrected chi connectivity index (χ3v) is 3.31. The Morgan fingerprint density at radius 3 is 2.62 bits per heavy atom. The highest BCUT2D eigenvalue weighted by Crippen LogP contribution is 2.19. The molecule has 0 amide bonds. The van der Waals surface area contributed by atoms with Gasteiger partial charge in [0.2, 0.25) is 11.9 Å². The van der Waals surface area contributed by atoms with Crippen LogP contribution in [0.15, 0.2) is 24.3 Å². The van der Waals surface area contributed by atoms with Crippen LogP contribution in [0.5, 0.6) is 5.75 Å². The molecule has 0 radical (unpaired) electrons. The van der Waals surface area contributed by atoms with Crippen molar-refractivity contribution in [1.29, 1.82) is 0 Å². The molecule has 1 fully saturated rings. The van der Waals surface area contributed by atoms with Gasteiger partial charge in [-0.1, -0.05) is 0 Å². The van der Waals surface area contributed by atoms with Crippen LogP contribution in [0, 0.1) is 0 Å². The molecular formula is C14H19N5O2. The van der Waals surface area contributed by atoms with E-state index in [0.29, 0.717) is 31.7 Å². The summed E-state index contributed by atoms with van der Waals surface area (Å²) >= 11 is 0. The van der Waals surface area contributed by atoms with Gasteiger partial charge in [-0.3, -0.25) is 0 Å². The zero-order valence-corrected chi connectivity index (χ0v) is 12.0. The quantitative estimate of drug-likeness (QED) is 0.907. The highest BCUT2D eigenvalue weighted by atomic mass is 16.5. The molecule has 0 bridgehead atoms. The van der Waals surface area contributed by atoms with Crippen LogP contribution in [0.4, 0.5) is 11.9 Å². The Balaban J connectivity index is 1.83. The Morgan fingerprint density at radius 2 is 1.95 bits per heavy atom. The van der Waals surface area contributed by atoms with Crippen molar-refractivity contribution in [1.82, 2.24) is 14.8 Å². The van der Waals surface area contributed by atoms with Gasteiger partial charge in [0.1, 0.15) is 5.75 Å². The number of nitrogens with two attached hydrogens (primary N) is 1. The average molecular weight is 289 g/mol. The second-order valence-corrected chi connectivity index (χ2v) is 4.71. The van der Waals surface area contributed by atoms with Crippen molar-refractivity contribution >= 4 is 11.9 Å². The van der Waals surface area contributed by atoms with E-state index in [1.54, 1.807) is 4.68 Å². The second-order valence-electron chi connectivity index (χ2n) is 4.71. The Labute approximate surface area is 123 Å². The molecular weight excluding hydrogens is 270 g/mol. The smallest absolute Gasteiger partial charge is 0.247 e. The van der Waals surface area contributed by atoms with Crippen LogP contribution in [0.25, 0.3) is 5.69 Å². The lowest BCUT2D eigenvalue weighted by atomic mass is 10.3. The van der Waals surface area contributed by atoms with Crippen molar-refractivity contribution in [2.75, 3.05) is 43.5 Å². The zero-order valence-electron chi connectivity index (χ0n) is 12.0. The molecule has 7 heteroatoms. The Morgan fingerprint density at radius 1 is 1.24 bits per heavy atom. The molecule has 7 nitrogen and oxygen atoms in total. The van der Waals surface area contributed by atoms with Gasteiger partial charge < -0.3 is 20.1 Å². The third-order valence-electron chi connectivity index (χ3n) is 3.31. The van der Waals surface area contributed by atoms with E-state index < -0.39 is 0 Å². The Kier molecular flexibility index (Phi) is 3.92. The van der Waals surface area contributed by atoms with E-state index in [4.69, 9.17) is 15.2 Å². The number of hydrogen-bond acceptors (Lipinski definition) is 6. The molecule has 112 valence electrons. The lowest BCUT2D eigenvalue weighted by Gasteiger charge is -2.25. The molecule has 2 aromatic rings. The van der Waals surface area contributed by atoms with E-state index in [-0.39, 0.29) is 0 Å².